The molecular weight excluding hydrogens is 373 g/mol. The lowest BCUT2D eigenvalue weighted by molar-refractivity contribution is 0.336. The second-order valence-electron chi connectivity index (χ2n) is 5.91. The number of nitrogens with zero attached hydrogens (tertiary/aromatic N) is 3. The molecule has 0 radical (unpaired) electrons. The first-order chi connectivity index (χ1) is 12.8. The topological polar surface area (TPSA) is 85.5 Å². The van der Waals surface area contributed by atoms with Gasteiger partial charge in [0.1, 0.15) is 11.6 Å². The van der Waals surface area contributed by atoms with E-state index in [0.717, 1.165) is 10.4 Å². The van der Waals surface area contributed by atoms with Gasteiger partial charge in [-0.05, 0) is 55.0 Å². The van der Waals surface area contributed by atoms with Gasteiger partial charge in [0, 0.05) is 12.6 Å². The van der Waals surface area contributed by atoms with Crippen LogP contribution in [0.5, 0.6) is 5.75 Å². The number of hydrogen-bond acceptors (Lipinski definition) is 6. The summed E-state index contributed by atoms with van der Waals surface area (Å²) in [5.74, 6) is 0.696. The Labute approximate surface area is 156 Å². The molecule has 0 atom stereocenters. The quantitative estimate of drug-likeness (QED) is 0.642. The molecule has 0 aliphatic heterocycles. The third-order valence-corrected chi connectivity index (χ3v) is 5.96. The van der Waals surface area contributed by atoms with Gasteiger partial charge >= 0.3 is 0 Å². The molecule has 0 unspecified atom stereocenters. The molecule has 27 heavy (non-hydrogen) atoms. The van der Waals surface area contributed by atoms with Gasteiger partial charge in [-0.2, -0.15) is 9.29 Å². The summed E-state index contributed by atoms with van der Waals surface area (Å²) in [6.45, 7) is 1.43. The molecule has 0 saturated heterocycles. The monoisotopic (exact) mass is 391 g/mol. The van der Waals surface area contributed by atoms with Crippen molar-refractivity contribution in [1.82, 2.24) is 14.4 Å². The maximum absolute atomic E-state index is 13.2. The molecule has 0 aliphatic rings. The molecule has 0 saturated carbocycles. The molecule has 0 bridgehead atoms. The number of benzene rings is 2. The average Bonchev–Trinajstić information content (AvgIpc) is 3.10. The van der Waals surface area contributed by atoms with Gasteiger partial charge in [0.05, 0.1) is 18.6 Å². The van der Waals surface area contributed by atoms with Gasteiger partial charge in [0.2, 0.25) is 21.7 Å². The summed E-state index contributed by atoms with van der Waals surface area (Å²) in [4.78, 5) is 4.26. The Hall–Kier alpha value is -2.78. The lowest BCUT2D eigenvalue weighted by atomic mass is 10.2. The highest BCUT2D eigenvalue weighted by Gasteiger charge is 2.25. The van der Waals surface area contributed by atoms with Gasteiger partial charge in [0.15, 0.2) is 0 Å². The van der Waals surface area contributed by atoms with Crippen molar-refractivity contribution in [3.05, 3.63) is 59.7 Å². The minimum atomic E-state index is -3.83. The first-order valence-electron chi connectivity index (χ1n) is 8.01. The van der Waals surface area contributed by atoms with Crippen LogP contribution in [0, 0.1) is 12.7 Å². The molecular formula is C18H18FN3O4S. The van der Waals surface area contributed by atoms with Crippen LogP contribution < -0.4 is 4.74 Å². The first kappa shape index (κ1) is 19.0. The Morgan fingerprint density at radius 2 is 1.89 bits per heavy atom. The van der Waals surface area contributed by atoms with E-state index in [1.54, 1.807) is 31.4 Å². The lowest BCUT2D eigenvalue weighted by Gasteiger charge is -2.16. The summed E-state index contributed by atoms with van der Waals surface area (Å²) >= 11 is 0. The second-order valence-corrected chi connectivity index (χ2v) is 7.92. The highest BCUT2D eigenvalue weighted by Crippen LogP contribution is 2.23. The van der Waals surface area contributed by atoms with Crippen LogP contribution in [0.4, 0.5) is 4.39 Å². The van der Waals surface area contributed by atoms with Gasteiger partial charge < -0.3 is 9.26 Å². The number of methoxy groups -OCH3 is 1. The number of sulfonamides is 1. The van der Waals surface area contributed by atoms with E-state index in [0.29, 0.717) is 22.7 Å². The largest absolute Gasteiger partial charge is 0.497 e. The zero-order chi connectivity index (χ0) is 19.6. The van der Waals surface area contributed by atoms with Crippen LogP contribution in [0.1, 0.15) is 11.5 Å². The molecule has 1 aromatic heterocycles. The minimum absolute atomic E-state index is 0.0290. The van der Waals surface area contributed by atoms with E-state index < -0.39 is 15.8 Å². The number of ether oxygens (including phenoxy) is 1. The molecule has 142 valence electrons. The molecule has 7 nitrogen and oxygen atoms in total. The molecule has 2 aromatic carbocycles. The molecule has 0 fully saturated rings. The highest BCUT2D eigenvalue weighted by atomic mass is 32.2. The number of aromatic nitrogens is 2. The fraction of sp³-hybridized carbons (Fsp3) is 0.222. The van der Waals surface area contributed by atoms with E-state index in [1.165, 1.54) is 26.1 Å². The smallest absolute Gasteiger partial charge is 0.243 e. The zero-order valence-corrected chi connectivity index (χ0v) is 15.8. The van der Waals surface area contributed by atoms with Crippen molar-refractivity contribution in [3.8, 4) is 17.1 Å². The molecule has 3 rings (SSSR count). The molecule has 1 heterocycles. The molecule has 0 aliphatic carbocycles. The van der Waals surface area contributed by atoms with Crippen LogP contribution in [-0.4, -0.2) is 37.0 Å². The second kappa shape index (κ2) is 7.45. The Bertz CT molecular complexity index is 1050. The fourth-order valence-electron chi connectivity index (χ4n) is 2.52. The highest BCUT2D eigenvalue weighted by molar-refractivity contribution is 7.89. The predicted octanol–water partition coefficient (Wildman–Crippen LogP) is 3.01. The fourth-order valence-corrected chi connectivity index (χ4v) is 3.84. The van der Waals surface area contributed by atoms with Crippen LogP contribution in [0.2, 0.25) is 0 Å². The normalized spacial score (nSPS) is 11.7. The van der Waals surface area contributed by atoms with Crippen molar-refractivity contribution in [2.75, 3.05) is 14.2 Å². The number of hydrogen-bond donors (Lipinski definition) is 0. The van der Waals surface area contributed by atoms with Gasteiger partial charge in [-0.1, -0.05) is 5.16 Å². The van der Waals surface area contributed by atoms with Crippen molar-refractivity contribution in [2.24, 2.45) is 0 Å². The third kappa shape index (κ3) is 3.99. The summed E-state index contributed by atoms with van der Waals surface area (Å²) in [7, 11) is -0.858. The molecule has 0 amide bonds. The van der Waals surface area contributed by atoms with Crippen LogP contribution >= 0.6 is 0 Å². The van der Waals surface area contributed by atoms with Crippen LogP contribution in [-0.2, 0) is 16.6 Å². The number of rotatable bonds is 6. The number of halogens is 1. The standard InChI is InChI=1S/C18H18FN3O4S/c1-12-10-14(19)6-9-16(12)27(23,24)22(2)11-17-20-18(21-26-17)13-4-7-15(25-3)8-5-13/h4-10H,11H2,1-3H3. The van der Waals surface area contributed by atoms with E-state index in [4.69, 9.17) is 9.26 Å². The Morgan fingerprint density at radius 3 is 2.52 bits per heavy atom. The Morgan fingerprint density at radius 1 is 1.19 bits per heavy atom. The van der Waals surface area contributed by atoms with Gasteiger partial charge in [-0.3, -0.25) is 0 Å². The van der Waals surface area contributed by atoms with Crippen molar-refractivity contribution in [2.45, 2.75) is 18.4 Å². The molecule has 0 N–H and O–H groups in total. The summed E-state index contributed by atoms with van der Waals surface area (Å²) in [6, 6.07) is 10.6. The van der Waals surface area contributed by atoms with Crippen molar-refractivity contribution < 1.29 is 22.1 Å². The summed E-state index contributed by atoms with van der Waals surface area (Å²) in [6.07, 6.45) is 0. The van der Waals surface area contributed by atoms with Gasteiger partial charge in [-0.15, -0.1) is 0 Å². The third-order valence-electron chi connectivity index (χ3n) is 4.00. The first-order valence-corrected chi connectivity index (χ1v) is 9.45. The average molecular weight is 391 g/mol. The maximum atomic E-state index is 13.2. The maximum Gasteiger partial charge on any atom is 0.243 e. The van der Waals surface area contributed by atoms with E-state index in [2.05, 4.69) is 10.1 Å². The lowest BCUT2D eigenvalue weighted by Crippen LogP contribution is -2.27. The van der Waals surface area contributed by atoms with Crippen molar-refractivity contribution in [1.29, 1.82) is 0 Å². The van der Waals surface area contributed by atoms with E-state index in [-0.39, 0.29) is 17.3 Å². The summed E-state index contributed by atoms with van der Waals surface area (Å²) < 4.78 is 50.0. The van der Waals surface area contributed by atoms with Gasteiger partial charge in [0.25, 0.3) is 0 Å². The van der Waals surface area contributed by atoms with Crippen LogP contribution in [0.3, 0.4) is 0 Å². The predicted molar refractivity (Wildman–Crippen MR) is 96.1 cm³/mol. The summed E-state index contributed by atoms with van der Waals surface area (Å²) in [5, 5.41) is 3.88. The van der Waals surface area contributed by atoms with Crippen LogP contribution in [0.15, 0.2) is 51.9 Å². The zero-order valence-electron chi connectivity index (χ0n) is 15.0. The van der Waals surface area contributed by atoms with Crippen molar-refractivity contribution in [3.63, 3.8) is 0 Å². The van der Waals surface area contributed by atoms with E-state index in [1.807, 2.05) is 0 Å². The molecule has 3 aromatic rings. The van der Waals surface area contributed by atoms with E-state index >= 15 is 0 Å². The van der Waals surface area contributed by atoms with E-state index in [9.17, 15) is 12.8 Å². The SMILES string of the molecule is COc1ccc(-c2noc(CN(C)S(=O)(=O)c3ccc(F)cc3C)n2)cc1. The molecule has 0 spiro atoms. The minimum Gasteiger partial charge on any atom is -0.497 e. The van der Waals surface area contributed by atoms with Crippen LogP contribution in [0.25, 0.3) is 11.4 Å². The number of aryl methyl sites for hydroxylation is 1. The molecule has 9 heteroatoms. The van der Waals surface area contributed by atoms with Crippen molar-refractivity contribution >= 4 is 10.0 Å². The Kier molecular flexibility index (Phi) is 5.24. The van der Waals surface area contributed by atoms with Gasteiger partial charge in [-0.25, -0.2) is 12.8 Å². The Balaban J connectivity index is 1.79. The summed E-state index contributed by atoms with van der Waals surface area (Å²) in [5.41, 5.74) is 1.04.